The fourth-order valence-electron chi connectivity index (χ4n) is 1.45. The van der Waals surface area contributed by atoms with Gasteiger partial charge in [-0.05, 0) is 19.1 Å². The molecule has 0 heterocycles. The van der Waals surface area contributed by atoms with Crippen LogP contribution in [0.25, 0.3) is 0 Å². The van der Waals surface area contributed by atoms with Crippen molar-refractivity contribution < 1.29 is 19.1 Å². The Kier molecular flexibility index (Phi) is 7.56. The third-order valence-electron chi connectivity index (χ3n) is 2.56. The number of halogens is 1. The molecule has 21 heavy (non-hydrogen) atoms. The highest BCUT2D eigenvalue weighted by Gasteiger charge is 2.16. The molecule has 116 valence electrons. The maximum absolute atomic E-state index is 11.8. The first kappa shape index (κ1) is 17.3. The molecule has 0 saturated carbocycles. The second-order valence-corrected chi connectivity index (χ2v) is 4.66. The van der Waals surface area contributed by atoms with E-state index in [9.17, 15) is 9.59 Å². The molecular weight excluding hydrogens is 296 g/mol. The molecule has 0 spiro atoms. The van der Waals surface area contributed by atoms with Crippen LogP contribution in [0.5, 0.6) is 5.75 Å². The van der Waals surface area contributed by atoms with Crippen LogP contribution in [-0.4, -0.2) is 44.7 Å². The highest BCUT2D eigenvalue weighted by molar-refractivity contribution is 6.32. The maximum Gasteiger partial charge on any atom is 0.261 e. The molecule has 1 aromatic rings. The van der Waals surface area contributed by atoms with Crippen molar-refractivity contribution in [2.45, 2.75) is 13.0 Å². The Morgan fingerprint density at radius 3 is 2.67 bits per heavy atom. The van der Waals surface area contributed by atoms with Gasteiger partial charge >= 0.3 is 0 Å². The lowest BCUT2D eigenvalue weighted by atomic mass is 10.3. The number of rotatable bonds is 8. The molecule has 0 aliphatic rings. The summed E-state index contributed by atoms with van der Waals surface area (Å²) in [6, 6.07) is 6.87. The normalized spacial score (nSPS) is 11.6. The molecule has 0 bridgehead atoms. The van der Waals surface area contributed by atoms with Crippen LogP contribution in [-0.2, 0) is 14.3 Å². The molecule has 2 amide bonds. The van der Waals surface area contributed by atoms with Gasteiger partial charge < -0.3 is 20.1 Å². The van der Waals surface area contributed by atoms with Gasteiger partial charge in [-0.2, -0.15) is 0 Å². The lowest BCUT2D eigenvalue weighted by molar-refractivity contribution is -0.130. The number of nitrogens with one attached hydrogen (secondary N) is 2. The number of methoxy groups -OCH3 is 1. The lowest BCUT2D eigenvalue weighted by Crippen LogP contribution is -2.43. The summed E-state index contributed by atoms with van der Waals surface area (Å²) in [7, 11) is 1.54. The van der Waals surface area contributed by atoms with E-state index in [2.05, 4.69) is 10.6 Å². The van der Waals surface area contributed by atoms with Crippen molar-refractivity contribution in [3.63, 3.8) is 0 Å². The first-order chi connectivity index (χ1) is 10.0. The summed E-state index contributed by atoms with van der Waals surface area (Å²) in [6.07, 6.45) is -0.753. The third kappa shape index (κ3) is 6.46. The molecule has 1 aromatic carbocycles. The van der Waals surface area contributed by atoms with Gasteiger partial charge in [-0.1, -0.05) is 23.7 Å². The smallest absolute Gasteiger partial charge is 0.261 e. The molecule has 1 atom stereocenters. The van der Waals surface area contributed by atoms with Gasteiger partial charge in [0, 0.05) is 13.7 Å². The second kappa shape index (κ2) is 9.20. The van der Waals surface area contributed by atoms with E-state index in [4.69, 9.17) is 21.1 Å². The molecule has 7 heteroatoms. The number of carbonyl (C=O) groups excluding carboxylic acids is 2. The summed E-state index contributed by atoms with van der Waals surface area (Å²) >= 11 is 5.94. The van der Waals surface area contributed by atoms with Crippen molar-refractivity contribution in [1.82, 2.24) is 10.6 Å². The SMILES string of the molecule is COCCNC(=O)CNC(=O)C(C)Oc1ccccc1Cl. The average Bonchev–Trinajstić information content (AvgIpc) is 2.47. The number of para-hydroxylation sites is 1. The highest BCUT2D eigenvalue weighted by Crippen LogP contribution is 2.24. The minimum atomic E-state index is -0.753. The standard InChI is InChI=1S/C14H19ClN2O4/c1-10(21-12-6-4-3-5-11(12)15)14(19)17-9-13(18)16-7-8-20-2/h3-6,10H,7-9H2,1-2H3,(H,16,18)(H,17,19). The number of benzene rings is 1. The Morgan fingerprint density at radius 1 is 1.29 bits per heavy atom. The van der Waals surface area contributed by atoms with Gasteiger partial charge in [-0.3, -0.25) is 9.59 Å². The van der Waals surface area contributed by atoms with Crippen LogP contribution in [0.3, 0.4) is 0 Å². The van der Waals surface area contributed by atoms with Gasteiger partial charge in [0.25, 0.3) is 5.91 Å². The number of hydrogen-bond acceptors (Lipinski definition) is 4. The number of hydrogen-bond donors (Lipinski definition) is 2. The lowest BCUT2D eigenvalue weighted by Gasteiger charge is -2.15. The molecule has 0 aliphatic carbocycles. The summed E-state index contributed by atoms with van der Waals surface area (Å²) in [6.45, 7) is 2.29. The quantitative estimate of drug-likeness (QED) is 0.702. The summed E-state index contributed by atoms with van der Waals surface area (Å²) < 4.78 is 10.2. The largest absolute Gasteiger partial charge is 0.479 e. The van der Waals surface area contributed by atoms with E-state index in [1.807, 2.05) is 0 Å². The Labute approximate surface area is 128 Å². The summed E-state index contributed by atoms with van der Waals surface area (Å²) in [4.78, 5) is 23.2. The first-order valence-corrected chi connectivity index (χ1v) is 6.87. The van der Waals surface area contributed by atoms with Crippen molar-refractivity contribution >= 4 is 23.4 Å². The number of ether oxygens (including phenoxy) is 2. The van der Waals surface area contributed by atoms with Crippen molar-refractivity contribution in [2.75, 3.05) is 26.8 Å². The molecular formula is C14H19ClN2O4. The minimum Gasteiger partial charge on any atom is -0.479 e. The van der Waals surface area contributed by atoms with Gasteiger partial charge in [0.2, 0.25) is 5.91 Å². The molecule has 1 unspecified atom stereocenters. The van der Waals surface area contributed by atoms with Crippen LogP contribution < -0.4 is 15.4 Å². The first-order valence-electron chi connectivity index (χ1n) is 6.49. The van der Waals surface area contributed by atoms with Crippen LogP contribution in [0.4, 0.5) is 0 Å². The van der Waals surface area contributed by atoms with Gasteiger partial charge in [-0.25, -0.2) is 0 Å². The Bertz CT molecular complexity index is 482. The van der Waals surface area contributed by atoms with E-state index >= 15 is 0 Å². The van der Waals surface area contributed by atoms with E-state index in [1.165, 1.54) is 0 Å². The second-order valence-electron chi connectivity index (χ2n) is 4.25. The molecule has 0 fully saturated rings. The zero-order chi connectivity index (χ0) is 15.7. The molecule has 1 rings (SSSR count). The van der Waals surface area contributed by atoms with Crippen molar-refractivity contribution in [3.05, 3.63) is 29.3 Å². The molecule has 0 saturated heterocycles. The van der Waals surface area contributed by atoms with E-state index in [0.29, 0.717) is 23.9 Å². The fourth-order valence-corrected chi connectivity index (χ4v) is 1.63. The molecule has 6 nitrogen and oxygen atoms in total. The van der Waals surface area contributed by atoms with E-state index in [-0.39, 0.29) is 12.5 Å². The van der Waals surface area contributed by atoms with Crippen LogP contribution in [0.2, 0.25) is 5.02 Å². The highest BCUT2D eigenvalue weighted by atomic mass is 35.5. The van der Waals surface area contributed by atoms with Gasteiger partial charge in [0.15, 0.2) is 6.10 Å². The van der Waals surface area contributed by atoms with Crippen molar-refractivity contribution in [1.29, 1.82) is 0 Å². The van der Waals surface area contributed by atoms with Crippen LogP contribution in [0.1, 0.15) is 6.92 Å². The Balaban J connectivity index is 2.34. The maximum atomic E-state index is 11.8. The van der Waals surface area contributed by atoms with Gasteiger partial charge in [0.05, 0.1) is 18.2 Å². The van der Waals surface area contributed by atoms with E-state index in [0.717, 1.165) is 0 Å². The van der Waals surface area contributed by atoms with E-state index in [1.54, 1.807) is 38.3 Å². The van der Waals surface area contributed by atoms with Crippen LogP contribution in [0.15, 0.2) is 24.3 Å². The minimum absolute atomic E-state index is 0.112. The molecule has 2 N–H and O–H groups in total. The molecule has 0 aliphatic heterocycles. The molecule has 0 radical (unpaired) electrons. The Morgan fingerprint density at radius 2 is 2.00 bits per heavy atom. The topological polar surface area (TPSA) is 76.7 Å². The van der Waals surface area contributed by atoms with Crippen LogP contribution >= 0.6 is 11.6 Å². The summed E-state index contributed by atoms with van der Waals surface area (Å²) in [5.41, 5.74) is 0. The van der Waals surface area contributed by atoms with Crippen molar-refractivity contribution in [2.24, 2.45) is 0 Å². The monoisotopic (exact) mass is 314 g/mol. The fraction of sp³-hybridized carbons (Fsp3) is 0.429. The zero-order valence-corrected chi connectivity index (χ0v) is 12.8. The summed E-state index contributed by atoms with van der Waals surface area (Å²) in [5.74, 6) is -0.256. The Hall–Kier alpha value is -1.79. The zero-order valence-electron chi connectivity index (χ0n) is 12.0. The third-order valence-corrected chi connectivity index (χ3v) is 2.87. The summed E-state index contributed by atoms with van der Waals surface area (Å²) in [5, 5.41) is 5.51. The predicted octanol–water partition coefficient (Wildman–Crippen LogP) is 0.986. The van der Waals surface area contributed by atoms with E-state index < -0.39 is 12.0 Å². The van der Waals surface area contributed by atoms with Gasteiger partial charge in [-0.15, -0.1) is 0 Å². The average molecular weight is 315 g/mol. The van der Waals surface area contributed by atoms with Crippen molar-refractivity contribution in [3.8, 4) is 5.75 Å². The predicted molar refractivity (Wildman–Crippen MR) is 79.4 cm³/mol. The van der Waals surface area contributed by atoms with Crippen LogP contribution in [0, 0.1) is 0 Å². The number of amides is 2. The van der Waals surface area contributed by atoms with Gasteiger partial charge in [0.1, 0.15) is 5.75 Å². The molecule has 0 aromatic heterocycles. The number of carbonyl (C=O) groups is 2.